The van der Waals surface area contributed by atoms with E-state index in [1.807, 2.05) is 0 Å². The van der Waals surface area contributed by atoms with Gasteiger partial charge in [-0.05, 0) is 17.7 Å². The van der Waals surface area contributed by atoms with Crippen LogP contribution in [-0.4, -0.2) is 31.3 Å². The van der Waals surface area contributed by atoms with Crippen LogP contribution in [0.15, 0.2) is 24.3 Å². The second kappa shape index (κ2) is 6.53. The molecule has 4 nitrogen and oxygen atoms in total. The molecule has 0 saturated heterocycles. The van der Waals surface area contributed by atoms with Gasteiger partial charge < -0.3 is 15.2 Å². The summed E-state index contributed by atoms with van der Waals surface area (Å²) in [6, 6.07) is 4.77. The summed E-state index contributed by atoms with van der Waals surface area (Å²) >= 11 is 0. The lowest BCUT2D eigenvalue weighted by molar-refractivity contribution is -0.138. The molecule has 19 heavy (non-hydrogen) atoms. The van der Waals surface area contributed by atoms with E-state index < -0.39 is 23.8 Å². The topological polar surface area (TPSA) is 58.6 Å². The van der Waals surface area contributed by atoms with E-state index in [1.54, 1.807) is 0 Å². The van der Waals surface area contributed by atoms with Crippen molar-refractivity contribution in [1.82, 2.24) is 5.32 Å². The number of hydrogen-bond acceptors (Lipinski definition) is 3. The summed E-state index contributed by atoms with van der Waals surface area (Å²) in [5, 5.41) is 11.1. The maximum atomic E-state index is 12.6. The number of rotatable bonds is 6. The smallest absolute Gasteiger partial charge is 0.416 e. The van der Waals surface area contributed by atoms with Gasteiger partial charge in [0.15, 0.2) is 0 Å². The molecule has 1 aromatic carbocycles. The third-order valence-corrected chi connectivity index (χ3v) is 2.48. The highest BCUT2D eigenvalue weighted by atomic mass is 19.4. The van der Waals surface area contributed by atoms with Crippen molar-refractivity contribution < 1.29 is 27.8 Å². The standard InChI is InChI=1S/C12H14F3NO3/c1-19-10(6-16-7-11(17)18)8-3-2-4-9(5-8)12(13,14)15/h2-5,10,16H,6-7H2,1H3,(H,17,18). The van der Waals surface area contributed by atoms with E-state index in [4.69, 9.17) is 9.84 Å². The molecule has 1 aromatic rings. The first-order valence-electron chi connectivity index (χ1n) is 5.47. The largest absolute Gasteiger partial charge is 0.480 e. The van der Waals surface area contributed by atoms with E-state index in [9.17, 15) is 18.0 Å². The molecular weight excluding hydrogens is 263 g/mol. The normalized spacial score (nSPS) is 13.3. The monoisotopic (exact) mass is 277 g/mol. The highest BCUT2D eigenvalue weighted by Gasteiger charge is 2.30. The van der Waals surface area contributed by atoms with Crippen molar-refractivity contribution in [3.05, 3.63) is 35.4 Å². The Labute approximate surface area is 108 Å². The van der Waals surface area contributed by atoms with Crippen LogP contribution in [0.25, 0.3) is 0 Å². The number of carbonyl (C=O) groups is 1. The van der Waals surface area contributed by atoms with Crippen molar-refractivity contribution in [2.24, 2.45) is 0 Å². The lowest BCUT2D eigenvalue weighted by Crippen LogP contribution is -2.28. The summed E-state index contributed by atoms with van der Waals surface area (Å²) in [4.78, 5) is 10.3. The third kappa shape index (κ3) is 4.88. The number of ether oxygens (including phenoxy) is 1. The fourth-order valence-corrected chi connectivity index (χ4v) is 1.56. The van der Waals surface area contributed by atoms with Crippen LogP contribution in [0.1, 0.15) is 17.2 Å². The molecule has 0 spiro atoms. The molecule has 0 radical (unpaired) electrons. The first-order chi connectivity index (χ1) is 8.84. The molecule has 1 unspecified atom stereocenters. The van der Waals surface area contributed by atoms with Gasteiger partial charge >= 0.3 is 12.1 Å². The van der Waals surface area contributed by atoms with Crippen LogP contribution in [0.2, 0.25) is 0 Å². The van der Waals surface area contributed by atoms with Gasteiger partial charge in [0.1, 0.15) is 0 Å². The van der Waals surface area contributed by atoms with Crippen molar-refractivity contribution in [2.75, 3.05) is 20.2 Å². The average Bonchev–Trinajstić information content (AvgIpc) is 2.33. The van der Waals surface area contributed by atoms with Crippen molar-refractivity contribution in [3.8, 4) is 0 Å². The minimum Gasteiger partial charge on any atom is -0.480 e. The summed E-state index contributed by atoms with van der Waals surface area (Å²) in [7, 11) is 1.35. The number of nitrogens with one attached hydrogen (secondary N) is 1. The SMILES string of the molecule is COC(CNCC(=O)O)c1cccc(C(F)(F)F)c1. The van der Waals surface area contributed by atoms with E-state index in [1.165, 1.54) is 19.2 Å². The van der Waals surface area contributed by atoms with Gasteiger partial charge in [0, 0.05) is 13.7 Å². The van der Waals surface area contributed by atoms with Gasteiger partial charge in [-0.25, -0.2) is 0 Å². The zero-order valence-corrected chi connectivity index (χ0v) is 10.2. The Morgan fingerprint density at radius 1 is 1.47 bits per heavy atom. The lowest BCUT2D eigenvalue weighted by atomic mass is 10.1. The quantitative estimate of drug-likeness (QED) is 0.835. The number of halogens is 3. The van der Waals surface area contributed by atoms with Gasteiger partial charge in [-0.1, -0.05) is 12.1 Å². The number of carboxylic acids is 1. The van der Waals surface area contributed by atoms with Gasteiger partial charge in [0.2, 0.25) is 0 Å². The average molecular weight is 277 g/mol. The molecule has 1 atom stereocenters. The fourth-order valence-electron chi connectivity index (χ4n) is 1.56. The predicted octanol–water partition coefficient (Wildman–Crippen LogP) is 2.07. The lowest BCUT2D eigenvalue weighted by Gasteiger charge is -2.17. The van der Waals surface area contributed by atoms with E-state index in [2.05, 4.69) is 5.32 Å². The number of aliphatic carboxylic acids is 1. The molecule has 106 valence electrons. The molecule has 0 heterocycles. The molecule has 0 bridgehead atoms. The second-order valence-corrected chi connectivity index (χ2v) is 3.87. The van der Waals surface area contributed by atoms with Crippen molar-refractivity contribution in [1.29, 1.82) is 0 Å². The van der Waals surface area contributed by atoms with E-state index in [-0.39, 0.29) is 13.1 Å². The summed E-state index contributed by atoms with van der Waals surface area (Å²) in [5.74, 6) is -1.04. The first-order valence-corrected chi connectivity index (χ1v) is 5.47. The zero-order valence-electron chi connectivity index (χ0n) is 10.2. The molecule has 0 aliphatic heterocycles. The van der Waals surface area contributed by atoms with E-state index in [0.717, 1.165) is 12.1 Å². The Balaban J connectivity index is 2.78. The maximum Gasteiger partial charge on any atom is 0.416 e. The van der Waals surface area contributed by atoms with Gasteiger partial charge in [-0.2, -0.15) is 13.2 Å². The summed E-state index contributed by atoms with van der Waals surface area (Å²) in [6.45, 7) is -0.164. The molecule has 0 saturated carbocycles. The minimum absolute atomic E-state index is 0.115. The van der Waals surface area contributed by atoms with Crippen molar-refractivity contribution >= 4 is 5.97 Å². The third-order valence-electron chi connectivity index (χ3n) is 2.48. The highest BCUT2D eigenvalue weighted by Crippen LogP contribution is 2.31. The molecule has 7 heteroatoms. The Kier molecular flexibility index (Phi) is 5.31. The number of methoxy groups -OCH3 is 1. The van der Waals surface area contributed by atoms with Crippen LogP contribution in [0.4, 0.5) is 13.2 Å². The second-order valence-electron chi connectivity index (χ2n) is 3.87. The molecule has 1 rings (SSSR count). The van der Waals surface area contributed by atoms with Gasteiger partial charge in [0.25, 0.3) is 0 Å². The minimum atomic E-state index is -4.41. The predicted molar refractivity (Wildman–Crippen MR) is 61.7 cm³/mol. The summed E-state index contributed by atoms with van der Waals surface area (Å²) in [6.07, 6.45) is -5.05. The van der Waals surface area contributed by atoms with Gasteiger partial charge in [-0.3, -0.25) is 4.79 Å². The molecule has 0 amide bonds. The Morgan fingerprint density at radius 2 is 2.16 bits per heavy atom. The molecular formula is C12H14F3NO3. The number of hydrogen-bond donors (Lipinski definition) is 2. The Bertz CT molecular complexity index is 434. The molecule has 2 N–H and O–H groups in total. The zero-order chi connectivity index (χ0) is 14.5. The highest BCUT2D eigenvalue weighted by molar-refractivity contribution is 5.68. The maximum absolute atomic E-state index is 12.6. The molecule has 0 aliphatic carbocycles. The van der Waals surface area contributed by atoms with Crippen LogP contribution in [0, 0.1) is 0 Å². The van der Waals surface area contributed by atoms with Crippen LogP contribution < -0.4 is 5.32 Å². The fraction of sp³-hybridized carbons (Fsp3) is 0.417. The van der Waals surface area contributed by atoms with Crippen LogP contribution in [-0.2, 0) is 15.7 Å². The molecule has 0 aliphatic rings. The van der Waals surface area contributed by atoms with E-state index in [0.29, 0.717) is 5.56 Å². The summed E-state index contributed by atoms with van der Waals surface area (Å²) in [5.41, 5.74) is -0.416. The van der Waals surface area contributed by atoms with Crippen molar-refractivity contribution in [2.45, 2.75) is 12.3 Å². The Morgan fingerprint density at radius 3 is 2.68 bits per heavy atom. The van der Waals surface area contributed by atoms with Crippen LogP contribution >= 0.6 is 0 Å². The first kappa shape index (κ1) is 15.5. The van der Waals surface area contributed by atoms with Crippen LogP contribution in [0.3, 0.4) is 0 Å². The molecule has 0 aromatic heterocycles. The molecule has 0 fully saturated rings. The number of alkyl halides is 3. The van der Waals surface area contributed by atoms with Gasteiger partial charge in [0.05, 0.1) is 18.2 Å². The Hall–Kier alpha value is -1.60. The van der Waals surface area contributed by atoms with Gasteiger partial charge in [-0.15, -0.1) is 0 Å². The van der Waals surface area contributed by atoms with Crippen LogP contribution in [0.5, 0.6) is 0 Å². The van der Waals surface area contributed by atoms with E-state index >= 15 is 0 Å². The number of carboxylic acid groups (broad SMARTS) is 1. The van der Waals surface area contributed by atoms with Crippen molar-refractivity contribution in [3.63, 3.8) is 0 Å². The summed E-state index contributed by atoms with van der Waals surface area (Å²) < 4.78 is 42.7. The number of benzene rings is 1.